The Morgan fingerprint density at radius 1 is 0.565 bits per heavy atom. The Labute approximate surface area is 154 Å². The van der Waals surface area contributed by atoms with E-state index in [1.807, 2.05) is 0 Å². The first kappa shape index (κ1) is 24.0. The van der Waals surface area contributed by atoms with E-state index in [1.165, 1.54) is 65.1 Å². The molecule has 0 bridgehead atoms. The van der Waals surface area contributed by atoms with Crippen LogP contribution in [0, 0.1) is 0 Å². The Bertz CT molecular complexity index is 297. The van der Waals surface area contributed by atoms with E-state index < -0.39 is 36.8 Å². The van der Waals surface area contributed by atoms with Crippen molar-refractivity contribution in [3.05, 3.63) is 1.60 Å². The molecule has 0 aromatic heterocycles. The van der Waals surface area contributed by atoms with Crippen LogP contribution in [0.3, 0.4) is 0 Å². The predicted octanol–water partition coefficient (Wildman–Crippen LogP) is 7.18. The Morgan fingerprint density at radius 2 is 0.783 bits per heavy atom. The van der Waals surface area contributed by atoms with E-state index in [4.69, 9.17) is 0 Å². The van der Waals surface area contributed by atoms with Crippen molar-refractivity contribution in [1.82, 2.24) is 0 Å². The molecule has 0 atom stereocenters. The number of carbonyl (C=O) groups excluding carboxylic acids is 1. The third-order valence-electron chi connectivity index (χ3n) is 5.53. The Hall–Kier alpha value is 1.05. The van der Waals surface area contributed by atoms with E-state index in [1.54, 1.807) is 1.60 Å². The molecule has 23 heavy (non-hydrogen) atoms. The van der Waals surface area contributed by atoms with Crippen LogP contribution in [0.1, 0.15) is 80.1 Å². The van der Waals surface area contributed by atoms with Crippen molar-refractivity contribution in [2.45, 2.75) is 107 Å². The first-order valence-electron chi connectivity index (χ1n) is 10.3. The summed E-state index contributed by atoms with van der Waals surface area (Å²) in [5, 5.41) is 0. The molecule has 136 valence electrons. The van der Waals surface area contributed by atoms with Crippen LogP contribution in [0.5, 0.6) is 0 Å². The quantitative estimate of drug-likeness (QED) is 0.170. The van der Waals surface area contributed by atoms with Crippen LogP contribution < -0.4 is 0 Å². The second-order valence-electron chi connectivity index (χ2n) is 7.54. The van der Waals surface area contributed by atoms with Gasteiger partial charge >= 0.3 is 156 Å². The number of rotatable bonds is 14. The zero-order valence-electron chi connectivity index (χ0n) is 16.9. The maximum atomic E-state index is 12.4. The normalized spacial score (nSPS) is 12.3. The van der Waals surface area contributed by atoms with Gasteiger partial charge in [0, 0.05) is 0 Å². The predicted molar refractivity (Wildman–Crippen MR) is 111 cm³/mol. The second kappa shape index (κ2) is 13.3. The fourth-order valence-corrected chi connectivity index (χ4v) is 70.4. The molecular weight excluding hydrogens is 494 g/mol. The summed E-state index contributed by atoms with van der Waals surface area (Å²) in [4.78, 5) is 12.4. The van der Waals surface area contributed by atoms with Gasteiger partial charge in [-0.1, -0.05) is 0 Å². The third kappa shape index (κ3) is 6.70. The molecule has 0 radical (unpaired) electrons. The van der Waals surface area contributed by atoms with Crippen molar-refractivity contribution in [2.75, 3.05) is 0 Å². The van der Waals surface area contributed by atoms with E-state index in [0.29, 0.717) is 0 Å². The van der Waals surface area contributed by atoms with Crippen molar-refractivity contribution in [1.29, 1.82) is 0 Å². The summed E-state index contributed by atoms with van der Waals surface area (Å²) in [5.41, 5.74) is 0. The molecule has 0 fully saturated rings. The molecule has 3 heteroatoms. The summed E-state index contributed by atoms with van der Waals surface area (Å²) >= 11 is -4.99. The molecule has 0 aliphatic carbocycles. The summed E-state index contributed by atoms with van der Waals surface area (Å²) in [6, 6.07) is 0. The monoisotopic (exact) mass is 538 g/mol. The Kier molecular flexibility index (Phi) is 13.9. The standard InChI is InChI=1S/6C3H7.C2O.2Sn/c6*1-3-2;1-2-3;;/h6*1,3H2,2H3;;;. The van der Waals surface area contributed by atoms with Gasteiger partial charge in [0.15, 0.2) is 0 Å². The molecule has 0 aliphatic heterocycles. The minimum atomic E-state index is -2.49. The Balaban J connectivity index is 6.10. The first-order chi connectivity index (χ1) is 11.1. The molecule has 0 amide bonds. The topological polar surface area (TPSA) is 17.1 Å². The van der Waals surface area contributed by atoms with E-state index >= 15 is 0 Å². The van der Waals surface area contributed by atoms with E-state index in [0.717, 1.165) is 0 Å². The zero-order valence-corrected chi connectivity index (χ0v) is 22.6. The molecule has 0 aromatic rings. The van der Waals surface area contributed by atoms with Gasteiger partial charge in [0.25, 0.3) is 0 Å². The van der Waals surface area contributed by atoms with Gasteiger partial charge in [0.05, 0.1) is 0 Å². The van der Waals surface area contributed by atoms with Crippen LogP contribution in [0.15, 0.2) is 1.60 Å². The van der Waals surface area contributed by atoms with Gasteiger partial charge < -0.3 is 0 Å². The zero-order chi connectivity index (χ0) is 17.8. The molecule has 1 nitrogen and oxygen atoms in total. The van der Waals surface area contributed by atoms with Crippen LogP contribution in [0.25, 0.3) is 0 Å². The fourth-order valence-electron chi connectivity index (χ4n) is 5.15. The van der Waals surface area contributed by atoms with Gasteiger partial charge in [0.2, 0.25) is 0 Å². The Morgan fingerprint density at radius 3 is 0.913 bits per heavy atom. The summed E-state index contributed by atoms with van der Waals surface area (Å²) in [7, 11) is 0. The van der Waals surface area contributed by atoms with Gasteiger partial charge in [0.1, 0.15) is 0 Å². The molecule has 0 unspecified atom stereocenters. The molecule has 0 aliphatic rings. The maximum absolute atomic E-state index is 12.4. The summed E-state index contributed by atoms with van der Waals surface area (Å²) in [5.74, 6) is 2.75. The van der Waals surface area contributed by atoms with Crippen molar-refractivity contribution >= 4 is 42.7 Å². The number of hydrogen-bond donors (Lipinski definition) is 0. The van der Waals surface area contributed by atoms with Gasteiger partial charge in [-0.15, -0.1) is 0 Å². The third-order valence-corrected chi connectivity index (χ3v) is 57.4. The van der Waals surface area contributed by atoms with Crippen molar-refractivity contribution in [3.8, 4) is 0 Å². The average molecular weight is 536 g/mol. The van der Waals surface area contributed by atoms with Crippen molar-refractivity contribution < 1.29 is 4.79 Å². The van der Waals surface area contributed by atoms with E-state index in [9.17, 15) is 4.79 Å². The van der Waals surface area contributed by atoms with Gasteiger partial charge in [-0.2, -0.15) is 0 Å². The van der Waals surface area contributed by atoms with E-state index in [-0.39, 0.29) is 0 Å². The van der Waals surface area contributed by atoms with Gasteiger partial charge in [-0.3, -0.25) is 0 Å². The molecular formula is C20H42OSn2. The molecule has 0 rings (SSSR count). The molecule has 0 heterocycles. The SMILES string of the molecule is CC[CH2][Sn]([CH2]CC)([CH2]CC)[C](=C=O)[Sn]([CH2]CC)([CH2]CC)[CH2]CC. The molecule has 0 aromatic carbocycles. The van der Waals surface area contributed by atoms with Gasteiger partial charge in [-0.05, 0) is 0 Å². The second-order valence-corrected chi connectivity index (χ2v) is 37.6. The number of hydrogen-bond acceptors (Lipinski definition) is 1. The molecule has 0 spiro atoms. The van der Waals surface area contributed by atoms with Crippen LogP contribution >= 0.6 is 0 Å². The van der Waals surface area contributed by atoms with Crippen molar-refractivity contribution in [3.63, 3.8) is 0 Å². The van der Waals surface area contributed by atoms with Crippen LogP contribution in [0.2, 0.25) is 26.6 Å². The van der Waals surface area contributed by atoms with Crippen LogP contribution in [-0.2, 0) is 4.79 Å². The fraction of sp³-hybridized carbons (Fsp3) is 0.900. The summed E-state index contributed by atoms with van der Waals surface area (Å²) in [6.07, 6.45) is 7.71. The molecule has 0 N–H and O–H groups in total. The minimum absolute atomic E-state index is 1.29. The van der Waals surface area contributed by atoms with Gasteiger partial charge in [-0.25, -0.2) is 0 Å². The molecule has 0 saturated carbocycles. The van der Waals surface area contributed by atoms with Crippen LogP contribution in [0.4, 0.5) is 0 Å². The molecule has 0 saturated heterocycles. The average Bonchev–Trinajstić information content (AvgIpc) is 2.49. The summed E-state index contributed by atoms with van der Waals surface area (Å²) < 4.78 is 10.1. The van der Waals surface area contributed by atoms with Crippen LogP contribution in [-0.4, -0.2) is 42.7 Å². The van der Waals surface area contributed by atoms with Crippen molar-refractivity contribution in [2.24, 2.45) is 0 Å². The first-order valence-corrected chi connectivity index (χ1v) is 25.3. The van der Waals surface area contributed by atoms with E-state index in [2.05, 4.69) is 47.5 Å². The summed E-state index contributed by atoms with van der Waals surface area (Å²) in [6.45, 7) is 14.1.